The van der Waals surface area contributed by atoms with Crippen molar-refractivity contribution >= 4 is 5.91 Å². The fourth-order valence-corrected chi connectivity index (χ4v) is 2.78. The van der Waals surface area contributed by atoms with Gasteiger partial charge in [-0.25, -0.2) is 0 Å². The van der Waals surface area contributed by atoms with Crippen LogP contribution in [0.1, 0.15) is 30.4 Å². The van der Waals surface area contributed by atoms with Gasteiger partial charge in [0.25, 0.3) is 0 Å². The zero-order chi connectivity index (χ0) is 15.1. The van der Waals surface area contributed by atoms with Gasteiger partial charge < -0.3 is 10.8 Å². The van der Waals surface area contributed by atoms with E-state index in [9.17, 15) is 4.79 Å². The molecule has 0 radical (unpaired) electrons. The SMILES string of the molecule is NC(=O)CC1CCN(Cc2cccc(C#CCO)c2)CC1. The largest absolute Gasteiger partial charge is 0.384 e. The third-order valence-corrected chi connectivity index (χ3v) is 3.84. The first-order valence-electron chi connectivity index (χ1n) is 7.36. The molecule has 1 aromatic rings. The summed E-state index contributed by atoms with van der Waals surface area (Å²) in [4.78, 5) is 13.3. The molecule has 0 bridgehead atoms. The van der Waals surface area contributed by atoms with Crippen LogP contribution in [0.15, 0.2) is 24.3 Å². The Morgan fingerprint density at radius 3 is 2.81 bits per heavy atom. The standard InChI is InChI=1S/C17H22N2O2/c18-17(21)12-15-6-8-19(9-7-15)13-16-4-1-3-14(11-16)5-2-10-20/h1,3-4,11,15,20H,6-10,12-13H2,(H2,18,21). The van der Waals surface area contributed by atoms with Crippen LogP contribution in [-0.4, -0.2) is 35.6 Å². The second-order valence-corrected chi connectivity index (χ2v) is 5.55. The number of rotatable bonds is 4. The van der Waals surface area contributed by atoms with Crippen molar-refractivity contribution in [1.29, 1.82) is 0 Å². The Morgan fingerprint density at radius 1 is 1.38 bits per heavy atom. The van der Waals surface area contributed by atoms with Gasteiger partial charge in [-0.3, -0.25) is 9.69 Å². The number of hydrogen-bond acceptors (Lipinski definition) is 3. The van der Waals surface area contributed by atoms with Gasteiger partial charge in [0, 0.05) is 18.5 Å². The second kappa shape index (κ2) is 7.82. The van der Waals surface area contributed by atoms with E-state index in [4.69, 9.17) is 10.8 Å². The molecule has 3 N–H and O–H groups in total. The predicted molar refractivity (Wildman–Crippen MR) is 82.2 cm³/mol. The van der Waals surface area contributed by atoms with Gasteiger partial charge in [-0.1, -0.05) is 24.0 Å². The van der Waals surface area contributed by atoms with Crippen LogP contribution in [0.3, 0.4) is 0 Å². The molecule has 0 spiro atoms. The van der Waals surface area contributed by atoms with Gasteiger partial charge in [-0.05, 0) is 49.5 Å². The summed E-state index contributed by atoms with van der Waals surface area (Å²) < 4.78 is 0. The number of amides is 1. The molecular weight excluding hydrogens is 264 g/mol. The Morgan fingerprint density at radius 2 is 2.14 bits per heavy atom. The topological polar surface area (TPSA) is 66.6 Å². The minimum absolute atomic E-state index is 0.113. The lowest BCUT2D eigenvalue weighted by Crippen LogP contribution is -2.34. The Kier molecular flexibility index (Phi) is 5.79. The van der Waals surface area contributed by atoms with Crippen LogP contribution < -0.4 is 5.73 Å². The smallest absolute Gasteiger partial charge is 0.217 e. The summed E-state index contributed by atoms with van der Waals surface area (Å²) in [7, 11) is 0. The molecule has 0 aliphatic carbocycles. The van der Waals surface area contributed by atoms with E-state index in [2.05, 4.69) is 28.9 Å². The van der Waals surface area contributed by atoms with E-state index < -0.39 is 0 Å². The van der Waals surface area contributed by atoms with Gasteiger partial charge >= 0.3 is 0 Å². The molecule has 0 saturated carbocycles. The highest BCUT2D eigenvalue weighted by atomic mass is 16.2. The minimum Gasteiger partial charge on any atom is -0.384 e. The van der Waals surface area contributed by atoms with E-state index in [-0.39, 0.29) is 12.5 Å². The van der Waals surface area contributed by atoms with E-state index in [1.54, 1.807) is 0 Å². The summed E-state index contributed by atoms with van der Waals surface area (Å²) in [5.74, 6) is 5.85. The van der Waals surface area contributed by atoms with Gasteiger partial charge in [-0.15, -0.1) is 0 Å². The number of nitrogens with two attached hydrogens (primary N) is 1. The fraction of sp³-hybridized carbons (Fsp3) is 0.471. The number of hydrogen-bond donors (Lipinski definition) is 2. The van der Waals surface area contributed by atoms with Crippen molar-refractivity contribution in [2.24, 2.45) is 11.7 Å². The molecule has 112 valence electrons. The third kappa shape index (κ3) is 5.22. The van der Waals surface area contributed by atoms with Gasteiger partial charge in [0.05, 0.1) is 0 Å². The van der Waals surface area contributed by atoms with Crippen molar-refractivity contribution in [3.8, 4) is 11.8 Å². The van der Waals surface area contributed by atoms with Crippen LogP contribution in [0.5, 0.6) is 0 Å². The van der Waals surface area contributed by atoms with Crippen molar-refractivity contribution in [3.63, 3.8) is 0 Å². The maximum absolute atomic E-state index is 10.9. The molecule has 1 aliphatic rings. The number of primary amides is 1. The maximum Gasteiger partial charge on any atom is 0.217 e. The summed E-state index contributed by atoms with van der Waals surface area (Å²) in [5, 5.41) is 8.73. The lowest BCUT2D eigenvalue weighted by atomic mass is 9.93. The maximum atomic E-state index is 10.9. The first-order chi connectivity index (χ1) is 10.2. The van der Waals surface area contributed by atoms with Gasteiger partial charge in [0.2, 0.25) is 5.91 Å². The Hall–Kier alpha value is -1.83. The second-order valence-electron chi connectivity index (χ2n) is 5.55. The number of piperidine rings is 1. The van der Waals surface area contributed by atoms with Crippen molar-refractivity contribution < 1.29 is 9.90 Å². The van der Waals surface area contributed by atoms with Crippen LogP contribution >= 0.6 is 0 Å². The minimum atomic E-state index is -0.191. The zero-order valence-corrected chi connectivity index (χ0v) is 12.2. The molecule has 1 aromatic carbocycles. The van der Waals surface area contributed by atoms with Crippen LogP contribution in [-0.2, 0) is 11.3 Å². The molecule has 4 heteroatoms. The Balaban J connectivity index is 1.87. The van der Waals surface area contributed by atoms with Crippen molar-refractivity contribution in [3.05, 3.63) is 35.4 Å². The van der Waals surface area contributed by atoms with E-state index in [0.29, 0.717) is 12.3 Å². The first-order valence-corrected chi connectivity index (χ1v) is 7.36. The molecule has 21 heavy (non-hydrogen) atoms. The number of benzene rings is 1. The number of nitrogens with zero attached hydrogens (tertiary/aromatic N) is 1. The number of carbonyl (C=O) groups excluding carboxylic acids is 1. The molecule has 1 amide bonds. The third-order valence-electron chi connectivity index (χ3n) is 3.84. The molecule has 4 nitrogen and oxygen atoms in total. The lowest BCUT2D eigenvalue weighted by molar-refractivity contribution is -0.119. The molecule has 0 atom stereocenters. The summed E-state index contributed by atoms with van der Waals surface area (Å²) in [5.41, 5.74) is 7.42. The highest BCUT2D eigenvalue weighted by molar-refractivity contribution is 5.73. The van der Waals surface area contributed by atoms with Gasteiger partial charge in [0.1, 0.15) is 6.61 Å². The summed E-state index contributed by atoms with van der Waals surface area (Å²) in [6.07, 6.45) is 2.58. The number of aliphatic hydroxyl groups is 1. The first kappa shape index (κ1) is 15.6. The molecular formula is C17H22N2O2. The lowest BCUT2D eigenvalue weighted by Gasteiger charge is -2.31. The Labute approximate surface area is 125 Å². The van der Waals surface area contributed by atoms with E-state index in [1.165, 1.54) is 5.56 Å². The summed E-state index contributed by atoms with van der Waals surface area (Å²) >= 11 is 0. The molecule has 1 heterocycles. The van der Waals surface area contributed by atoms with Crippen LogP contribution in [0.4, 0.5) is 0 Å². The predicted octanol–water partition coefficient (Wildman–Crippen LogP) is 1.12. The van der Waals surface area contributed by atoms with Crippen LogP contribution in [0.25, 0.3) is 0 Å². The number of aliphatic hydroxyl groups excluding tert-OH is 1. The molecule has 1 aliphatic heterocycles. The average Bonchev–Trinajstić information content (AvgIpc) is 2.47. The fourth-order valence-electron chi connectivity index (χ4n) is 2.78. The molecule has 0 unspecified atom stereocenters. The van der Waals surface area contributed by atoms with Gasteiger partial charge in [0.15, 0.2) is 0 Å². The number of carbonyl (C=O) groups is 1. The summed E-state index contributed by atoms with van der Waals surface area (Å²) in [6, 6.07) is 8.11. The Bertz CT molecular complexity index is 537. The molecule has 1 fully saturated rings. The normalized spacial score (nSPS) is 16.2. The highest BCUT2D eigenvalue weighted by Crippen LogP contribution is 2.21. The monoisotopic (exact) mass is 286 g/mol. The quantitative estimate of drug-likeness (QED) is 0.815. The van der Waals surface area contributed by atoms with E-state index in [0.717, 1.165) is 38.0 Å². The van der Waals surface area contributed by atoms with Crippen LogP contribution in [0.2, 0.25) is 0 Å². The van der Waals surface area contributed by atoms with Crippen LogP contribution in [0, 0.1) is 17.8 Å². The average molecular weight is 286 g/mol. The molecule has 1 saturated heterocycles. The van der Waals surface area contributed by atoms with Crippen molar-refractivity contribution in [2.45, 2.75) is 25.8 Å². The van der Waals surface area contributed by atoms with Crippen molar-refractivity contribution in [1.82, 2.24) is 4.90 Å². The highest BCUT2D eigenvalue weighted by Gasteiger charge is 2.20. The zero-order valence-electron chi connectivity index (χ0n) is 12.2. The molecule has 0 aromatic heterocycles. The van der Waals surface area contributed by atoms with E-state index >= 15 is 0 Å². The summed E-state index contributed by atoms with van der Waals surface area (Å²) in [6.45, 7) is 2.80. The number of likely N-dealkylation sites (tertiary alicyclic amines) is 1. The van der Waals surface area contributed by atoms with Gasteiger partial charge in [-0.2, -0.15) is 0 Å². The molecule has 2 rings (SSSR count). The van der Waals surface area contributed by atoms with Crippen molar-refractivity contribution in [2.75, 3.05) is 19.7 Å². The van der Waals surface area contributed by atoms with E-state index in [1.807, 2.05) is 12.1 Å².